The van der Waals surface area contributed by atoms with Crippen molar-refractivity contribution in [2.45, 2.75) is 50.6 Å². The summed E-state index contributed by atoms with van der Waals surface area (Å²) in [5.74, 6) is 0.589. The minimum atomic E-state index is -3.92. The fourth-order valence-corrected chi connectivity index (χ4v) is 5.72. The molecule has 1 aliphatic rings. The quantitative estimate of drug-likeness (QED) is 0.177. The van der Waals surface area contributed by atoms with E-state index in [0.29, 0.717) is 11.2 Å². The molecule has 4 N–H and O–H groups in total. The summed E-state index contributed by atoms with van der Waals surface area (Å²) in [6, 6.07) is 16.8. The summed E-state index contributed by atoms with van der Waals surface area (Å²) < 4.78 is 28.3. The topological polar surface area (TPSA) is 140 Å². The van der Waals surface area contributed by atoms with Gasteiger partial charge in [-0.25, -0.2) is 12.4 Å². The highest BCUT2D eigenvalue weighted by atomic mass is 32.2. The molecule has 0 bridgehead atoms. The molecule has 1 aliphatic carbocycles. The standard InChI is InChI=1S/C27H30N8O2S/c1-17(2)34-29-16-24(28)31-27-32-25(30-23-13-10-19-6-4-5-7-21(19)23)22-14-15-35(26(22)33-27)38(36,37)20-11-8-18(3)9-12-20/h4-9,11-12,14-17,23,34H,10,13H2,1-3H3,(H3,28,30,31,32,33)/b29-16-/t23-/m0/s1. The SMILES string of the molecule is Cc1ccc(S(=O)(=O)n2ccc3c(N[C@H]4CCc5ccccc54)nc(/N=C(N)/C=N\NC(C)C)nc32)cc1. The van der Waals surface area contributed by atoms with Gasteiger partial charge in [0.15, 0.2) is 5.65 Å². The van der Waals surface area contributed by atoms with Gasteiger partial charge in [0.25, 0.3) is 16.0 Å². The maximum atomic E-state index is 13.6. The first-order chi connectivity index (χ1) is 18.2. The summed E-state index contributed by atoms with van der Waals surface area (Å²) in [6.45, 7) is 5.80. The number of nitrogens with two attached hydrogens (primary N) is 1. The third kappa shape index (κ3) is 5.10. The number of aliphatic imine (C=N–C) groups is 1. The normalized spacial score (nSPS) is 15.9. The fourth-order valence-electron chi connectivity index (χ4n) is 4.43. The lowest BCUT2D eigenvalue weighted by Gasteiger charge is -2.16. The van der Waals surface area contributed by atoms with Crippen LogP contribution >= 0.6 is 0 Å². The molecule has 11 heteroatoms. The Kier molecular flexibility index (Phi) is 6.85. The molecule has 2 aromatic carbocycles. The zero-order chi connectivity index (χ0) is 26.9. The van der Waals surface area contributed by atoms with Crippen LogP contribution in [0.2, 0.25) is 0 Å². The molecule has 0 unspecified atom stereocenters. The Hall–Kier alpha value is -4.25. The van der Waals surface area contributed by atoms with Crippen LogP contribution < -0.4 is 16.5 Å². The Bertz CT molecular complexity index is 1640. The molecule has 0 aliphatic heterocycles. The zero-order valence-electron chi connectivity index (χ0n) is 21.5. The van der Waals surface area contributed by atoms with E-state index in [1.54, 1.807) is 30.3 Å². The van der Waals surface area contributed by atoms with E-state index in [2.05, 4.69) is 42.9 Å². The van der Waals surface area contributed by atoms with Gasteiger partial charge in [0.2, 0.25) is 0 Å². The molecule has 1 atom stereocenters. The first kappa shape index (κ1) is 25.4. The lowest BCUT2D eigenvalue weighted by atomic mass is 10.1. The van der Waals surface area contributed by atoms with Crippen LogP contribution in [0.15, 0.2) is 75.8 Å². The van der Waals surface area contributed by atoms with E-state index >= 15 is 0 Å². The predicted octanol–water partition coefficient (Wildman–Crippen LogP) is 4.05. The van der Waals surface area contributed by atoms with Gasteiger partial charge in [-0.3, -0.25) is 0 Å². The smallest absolute Gasteiger partial charge is 0.269 e. The number of hydrogen-bond donors (Lipinski definition) is 3. The van der Waals surface area contributed by atoms with Crippen molar-refractivity contribution in [3.8, 4) is 0 Å². The lowest BCUT2D eigenvalue weighted by molar-refractivity contribution is 0.588. The number of nitrogens with zero attached hydrogens (tertiary/aromatic N) is 5. The molecule has 4 aromatic rings. The molecule has 2 heterocycles. The summed E-state index contributed by atoms with van der Waals surface area (Å²) in [5, 5.41) is 8.13. The highest BCUT2D eigenvalue weighted by molar-refractivity contribution is 7.90. The third-order valence-electron chi connectivity index (χ3n) is 6.28. The lowest BCUT2D eigenvalue weighted by Crippen LogP contribution is -2.20. The van der Waals surface area contributed by atoms with E-state index in [1.165, 1.54) is 23.5 Å². The molecule has 0 amide bonds. The molecule has 0 saturated carbocycles. The minimum Gasteiger partial charge on any atom is -0.382 e. The maximum Gasteiger partial charge on any atom is 0.269 e. The Morgan fingerprint density at radius 2 is 1.89 bits per heavy atom. The van der Waals surface area contributed by atoms with E-state index in [1.807, 2.05) is 32.9 Å². The van der Waals surface area contributed by atoms with Crippen molar-refractivity contribution in [2.75, 3.05) is 5.32 Å². The second kappa shape index (κ2) is 10.3. The summed E-state index contributed by atoms with van der Waals surface area (Å²) in [5.41, 5.74) is 12.6. The Morgan fingerprint density at radius 3 is 2.66 bits per heavy atom. The van der Waals surface area contributed by atoms with Crippen molar-refractivity contribution in [3.05, 3.63) is 77.5 Å². The van der Waals surface area contributed by atoms with E-state index in [9.17, 15) is 8.42 Å². The average molecular weight is 531 g/mol. The van der Waals surface area contributed by atoms with Crippen molar-refractivity contribution in [1.82, 2.24) is 19.4 Å². The molecule has 2 aromatic heterocycles. The zero-order valence-corrected chi connectivity index (χ0v) is 22.3. The van der Waals surface area contributed by atoms with Crippen LogP contribution in [-0.4, -0.2) is 40.5 Å². The number of amidine groups is 1. The summed E-state index contributed by atoms with van der Waals surface area (Å²) in [7, 11) is -3.92. The van der Waals surface area contributed by atoms with Crippen molar-refractivity contribution >= 4 is 44.9 Å². The highest BCUT2D eigenvalue weighted by Crippen LogP contribution is 2.36. The largest absolute Gasteiger partial charge is 0.382 e. The van der Waals surface area contributed by atoms with Gasteiger partial charge in [-0.2, -0.15) is 20.1 Å². The van der Waals surface area contributed by atoms with Crippen molar-refractivity contribution < 1.29 is 8.42 Å². The van der Waals surface area contributed by atoms with Crippen molar-refractivity contribution in [3.63, 3.8) is 0 Å². The fraction of sp³-hybridized carbons (Fsp3) is 0.259. The van der Waals surface area contributed by atoms with E-state index in [0.717, 1.165) is 22.4 Å². The monoisotopic (exact) mass is 530 g/mol. The molecule has 0 saturated heterocycles. The number of nitrogens with one attached hydrogen (secondary N) is 2. The number of hydrazone groups is 1. The number of rotatable bonds is 8. The molecule has 38 heavy (non-hydrogen) atoms. The number of fused-ring (bicyclic) bond motifs is 2. The van der Waals surface area contributed by atoms with E-state index < -0.39 is 10.0 Å². The third-order valence-corrected chi connectivity index (χ3v) is 7.96. The molecular formula is C27H30N8O2S. The summed E-state index contributed by atoms with van der Waals surface area (Å²) in [6.07, 6.45) is 4.70. The number of hydrogen-bond acceptors (Lipinski definition) is 8. The molecule has 0 fully saturated rings. The maximum absolute atomic E-state index is 13.6. The van der Waals surface area contributed by atoms with Gasteiger partial charge >= 0.3 is 0 Å². The van der Waals surface area contributed by atoms with Crippen LogP contribution in [-0.2, 0) is 16.4 Å². The molecule has 0 radical (unpaired) electrons. The van der Waals surface area contributed by atoms with Crippen LogP contribution in [0.4, 0.5) is 11.8 Å². The number of aromatic nitrogens is 3. The molecule has 196 valence electrons. The van der Waals surface area contributed by atoms with Gasteiger partial charge in [0, 0.05) is 12.2 Å². The van der Waals surface area contributed by atoms with E-state index in [4.69, 9.17) is 5.73 Å². The van der Waals surface area contributed by atoms with E-state index in [-0.39, 0.29) is 34.4 Å². The number of aryl methyl sites for hydroxylation is 2. The molecule has 5 rings (SSSR count). The molecular weight excluding hydrogens is 500 g/mol. The molecule has 0 spiro atoms. The Labute approximate surface area is 221 Å². The average Bonchev–Trinajstić information content (AvgIpc) is 3.49. The second-order valence-corrected chi connectivity index (χ2v) is 11.4. The summed E-state index contributed by atoms with van der Waals surface area (Å²) in [4.78, 5) is 13.6. The van der Waals surface area contributed by atoms with Crippen molar-refractivity contribution in [1.29, 1.82) is 0 Å². The first-order valence-corrected chi connectivity index (χ1v) is 13.8. The number of benzene rings is 2. The van der Waals surface area contributed by atoms with Crippen LogP contribution in [0.3, 0.4) is 0 Å². The van der Waals surface area contributed by atoms with Gasteiger partial charge < -0.3 is 16.5 Å². The van der Waals surface area contributed by atoms with Crippen molar-refractivity contribution in [2.24, 2.45) is 15.8 Å². The van der Waals surface area contributed by atoms with Gasteiger partial charge in [-0.15, -0.1) is 0 Å². The van der Waals surface area contributed by atoms with Crippen LogP contribution in [0.5, 0.6) is 0 Å². The van der Waals surface area contributed by atoms with Crippen LogP contribution in [0.1, 0.15) is 43.0 Å². The minimum absolute atomic E-state index is 0.0207. The first-order valence-electron chi connectivity index (χ1n) is 12.4. The van der Waals surface area contributed by atoms with Gasteiger partial charge in [0.1, 0.15) is 11.7 Å². The van der Waals surface area contributed by atoms with Crippen LogP contribution in [0.25, 0.3) is 11.0 Å². The van der Waals surface area contributed by atoms with Gasteiger partial charge in [0.05, 0.1) is 22.5 Å². The predicted molar refractivity (Wildman–Crippen MR) is 150 cm³/mol. The molecule has 10 nitrogen and oxygen atoms in total. The van der Waals surface area contributed by atoms with Crippen LogP contribution in [0, 0.1) is 6.92 Å². The second-order valence-electron chi connectivity index (χ2n) is 9.55. The van der Waals surface area contributed by atoms with Gasteiger partial charge in [-0.1, -0.05) is 42.0 Å². The Morgan fingerprint density at radius 1 is 1.13 bits per heavy atom. The number of anilines is 1. The summed E-state index contributed by atoms with van der Waals surface area (Å²) >= 11 is 0. The Balaban J connectivity index is 1.60. The van der Waals surface area contributed by atoms with Gasteiger partial charge in [-0.05, 0) is 62.9 Å². The highest BCUT2D eigenvalue weighted by Gasteiger charge is 2.26.